The number of benzene rings is 1. The maximum Gasteiger partial charge on any atom is 0.220 e. The van der Waals surface area contributed by atoms with Gasteiger partial charge in [0.15, 0.2) is 9.84 Å². The van der Waals surface area contributed by atoms with Crippen molar-refractivity contribution in [2.24, 2.45) is 0 Å². The van der Waals surface area contributed by atoms with Crippen LogP contribution in [0, 0.1) is 0 Å². The number of ether oxygens (including phenoxy) is 1. The number of carbonyl (C=O) groups excluding carboxylic acids is 1. The molecule has 0 spiro atoms. The first-order valence-electron chi connectivity index (χ1n) is 9.63. The number of sulfone groups is 1. The van der Waals surface area contributed by atoms with Crippen molar-refractivity contribution in [3.05, 3.63) is 24.3 Å². The van der Waals surface area contributed by atoms with E-state index in [2.05, 4.69) is 24.1 Å². The zero-order valence-electron chi connectivity index (χ0n) is 16.7. The Morgan fingerprint density at radius 1 is 1.15 bits per heavy atom. The second kappa shape index (κ2) is 9.55. The van der Waals surface area contributed by atoms with Crippen LogP contribution in [0.1, 0.15) is 46.0 Å². The Balaban J connectivity index is 1.65. The Hall–Kier alpha value is -1.60. The maximum absolute atomic E-state index is 12.1. The van der Waals surface area contributed by atoms with Crippen LogP contribution >= 0.6 is 0 Å². The summed E-state index contributed by atoms with van der Waals surface area (Å²) in [5.41, 5.74) is -0.0199. The molecule has 0 unspecified atom stereocenters. The van der Waals surface area contributed by atoms with Crippen LogP contribution in [0.3, 0.4) is 0 Å². The molecule has 6 nitrogen and oxygen atoms in total. The number of amides is 1. The number of rotatable bonds is 9. The highest BCUT2D eigenvalue weighted by molar-refractivity contribution is 7.90. The first kappa shape index (κ1) is 21.7. The maximum atomic E-state index is 12.1. The first-order chi connectivity index (χ1) is 12.7. The molecule has 0 aromatic heterocycles. The molecule has 1 aromatic rings. The monoisotopic (exact) mass is 396 g/mol. The quantitative estimate of drug-likeness (QED) is 0.650. The van der Waals surface area contributed by atoms with E-state index in [1.165, 1.54) is 37.7 Å². The van der Waals surface area contributed by atoms with Crippen LogP contribution in [-0.2, 0) is 14.6 Å². The first-order valence-corrected chi connectivity index (χ1v) is 11.5. The van der Waals surface area contributed by atoms with Crippen LogP contribution in [0.5, 0.6) is 5.75 Å². The van der Waals surface area contributed by atoms with Crippen molar-refractivity contribution in [1.82, 2.24) is 10.2 Å². The Morgan fingerprint density at radius 3 is 2.37 bits per heavy atom. The Kier molecular flexibility index (Phi) is 7.68. The lowest BCUT2D eigenvalue weighted by Crippen LogP contribution is -2.53. The zero-order valence-corrected chi connectivity index (χ0v) is 17.5. The van der Waals surface area contributed by atoms with Crippen LogP contribution in [0.25, 0.3) is 0 Å². The normalized spacial score (nSPS) is 16.1. The van der Waals surface area contributed by atoms with Crippen molar-refractivity contribution in [3.63, 3.8) is 0 Å². The fourth-order valence-electron chi connectivity index (χ4n) is 3.22. The van der Waals surface area contributed by atoms with Gasteiger partial charge in [0, 0.05) is 24.8 Å². The molecule has 1 N–H and O–H groups in total. The fraction of sp³-hybridized carbons (Fsp3) is 0.650. The molecule has 1 fully saturated rings. The highest BCUT2D eigenvalue weighted by Crippen LogP contribution is 2.20. The smallest absolute Gasteiger partial charge is 0.220 e. The van der Waals surface area contributed by atoms with Crippen molar-refractivity contribution < 1.29 is 17.9 Å². The van der Waals surface area contributed by atoms with Gasteiger partial charge in [0.05, 0.1) is 11.5 Å². The van der Waals surface area contributed by atoms with Crippen LogP contribution in [0.2, 0.25) is 0 Å². The predicted molar refractivity (Wildman–Crippen MR) is 107 cm³/mol. The highest BCUT2D eigenvalue weighted by Gasteiger charge is 2.28. The lowest BCUT2D eigenvalue weighted by Gasteiger charge is -2.41. The summed E-state index contributed by atoms with van der Waals surface area (Å²) in [6, 6.07) is 6.33. The average Bonchev–Trinajstić information content (AvgIpc) is 2.64. The highest BCUT2D eigenvalue weighted by atomic mass is 32.2. The number of hydrogen-bond acceptors (Lipinski definition) is 5. The van der Waals surface area contributed by atoms with Crippen molar-refractivity contribution >= 4 is 15.7 Å². The van der Waals surface area contributed by atoms with Crippen molar-refractivity contribution in [2.75, 3.05) is 32.5 Å². The number of hydrogen-bond donors (Lipinski definition) is 1. The lowest BCUT2D eigenvalue weighted by atomic mass is 9.98. The van der Waals surface area contributed by atoms with E-state index in [1.54, 1.807) is 12.1 Å². The minimum Gasteiger partial charge on any atom is -0.494 e. The Bertz CT molecular complexity index is 708. The molecule has 2 rings (SSSR count). The predicted octanol–water partition coefficient (Wildman–Crippen LogP) is 2.63. The topological polar surface area (TPSA) is 75.7 Å². The van der Waals surface area contributed by atoms with E-state index in [9.17, 15) is 13.2 Å². The second-order valence-corrected chi connectivity index (χ2v) is 9.85. The molecule has 0 aliphatic carbocycles. The molecule has 1 saturated heterocycles. The van der Waals surface area contributed by atoms with Gasteiger partial charge in [0.25, 0.3) is 0 Å². The third-order valence-corrected chi connectivity index (χ3v) is 6.13. The van der Waals surface area contributed by atoms with E-state index >= 15 is 0 Å². The molecule has 27 heavy (non-hydrogen) atoms. The summed E-state index contributed by atoms with van der Waals surface area (Å²) in [6.07, 6.45) is 5.98. The van der Waals surface area contributed by atoms with E-state index in [0.29, 0.717) is 31.7 Å². The number of nitrogens with zero attached hydrogens (tertiary/aromatic N) is 1. The van der Waals surface area contributed by atoms with Crippen LogP contribution in [0.4, 0.5) is 0 Å². The van der Waals surface area contributed by atoms with Gasteiger partial charge in [-0.2, -0.15) is 0 Å². The number of nitrogens with one attached hydrogen (secondary N) is 1. The van der Waals surface area contributed by atoms with E-state index < -0.39 is 9.84 Å². The summed E-state index contributed by atoms with van der Waals surface area (Å²) in [4.78, 5) is 14.8. The summed E-state index contributed by atoms with van der Waals surface area (Å²) in [6.45, 7) is 7.65. The van der Waals surface area contributed by atoms with E-state index in [4.69, 9.17) is 4.74 Å². The molecule has 1 heterocycles. The number of piperidine rings is 1. The lowest BCUT2D eigenvalue weighted by molar-refractivity contribution is -0.122. The van der Waals surface area contributed by atoms with Gasteiger partial charge in [0.2, 0.25) is 5.91 Å². The third kappa shape index (κ3) is 7.14. The van der Waals surface area contributed by atoms with Gasteiger partial charge in [-0.3, -0.25) is 9.69 Å². The molecule has 1 aliphatic heterocycles. The summed E-state index contributed by atoms with van der Waals surface area (Å²) < 4.78 is 28.4. The largest absolute Gasteiger partial charge is 0.494 e. The summed E-state index contributed by atoms with van der Waals surface area (Å²) in [7, 11) is -3.19. The number of likely N-dealkylation sites (tertiary alicyclic amines) is 1. The van der Waals surface area contributed by atoms with Crippen LogP contribution in [0.15, 0.2) is 29.2 Å². The molecule has 1 amide bonds. The van der Waals surface area contributed by atoms with Gasteiger partial charge in [-0.05, 0) is 70.5 Å². The van der Waals surface area contributed by atoms with Gasteiger partial charge in [-0.15, -0.1) is 0 Å². The second-order valence-electron chi connectivity index (χ2n) is 7.83. The molecule has 0 bridgehead atoms. The van der Waals surface area contributed by atoms with Gasteiger partial charge in [-0.25, -0.2) is 8.42 Å². The molecule has 7 heteroatoms. The standard InChI is InChI=1S/C20H32N2O4S/c1-20(2,22-13-5-4-6-14-22)16-21-19(23)8-7-15-26-17-9-11-18(12-10-17)27(3,24)25/h9-12H,4-8,13-16H2,1-3H3,(H,21,23). The minimum absolute atomic E-state index is 0.0199. The number of carbonyl (C=O) groups is 1. The summed E-state index contributed by atoms with van der Waals surface area (Å²) in [5, 5.41) is 3.04. The molecule has 1 aliphatic rings. The van der Waals surface area contributed by atoms with Crippen molar-refractivity contribution in [3.8, 4) is 5.75 Å². The zero-order chi connectivity index (χ0) is 19.9. The van der Waals surface area contributed by atoms with Crippen molar-refractivity contribution in [2.45, 2.75) is 56.4 Å². The molecule has 1 aromatic carbocycles. The minimum atomic E-state index is -3.19. The summed E-state index contributed by atoms with van der Waals surface area (Å²) >= 11 is 0. The van der Waals surface area contributed by atoms with Gasteiger partial charge < -0.3 is 10.1 Å². The molecule has 0 radical (unpaired) electrons. The summed E-state index contributed by atoms with van der Waals surface area (Å²) in [5.74, 6) is 0.644. The Labute approximate surface area is 163 Å². The van der Waals surface area contributed by atoms with E-state index in [0.717, 1.165) is 13.1 Å². The fourth-order valence-corrected chi connectivity index (χ4v) is 3.85. The van der Waals surface area contributed by atoms with Crippen molar-refractivity contribution in [1.29, 1.82) is 0 Å². The van der Waals surface area contributed by atoms with Gasteiger partial charge in [-0.1, -0.05) is 6.42 Å². The molecule has 0 saturated carbocycles. The van der Waals surface area contributed by atoms with Crippen LogP contribution in [-0.4, -0.2) is 57.3 Å². The molecule has 152 valence electrons. The van der Waals surface area contributed by atoms with Gasteiger partial charge >= 0.3 is 0 Å². The molecular weight excluding hydrogens is 364 g/mol. The molecule has 0 atom stereocenters. The Morgan fingerprint density at radius 2 is 1.78 bits per heavy atom. The van der Waals surface area contributed by atoms with Crippen LogP contribution < -0.4 is 10.1 Å². The average molecular weight is 397 g/mol. The van der Waals surface area contributed by atoms with E-state index in [-0.39, 0.29) is 16.3 Å². The molecular formula is C20H32N2O4S. The van der Waals surface area contributed by atoms with E-state index in [1.807, 2.05) is 0 Å². The third-order valence-electron chi connectivity index (χ3n) is 5.00. The van der Waals surface area contributed by atoms with Gasteiger partial charge in [0.1, 0.15) is 5.75 Å². The SMILES string of the molecule is CC(C)(CNC(=O)CCCOc1ccc(S(C)(=O)=O)cc1)N1CCCCC1.